The maximum Gasteiger partial charge on any atom is 0.126 e. The van der Waals surface area contributed by atoms with Crippen molar-refractivity contribution in [2.45, 2.75) is 31.4 Å². The highest BCUT2D eigenvalue weighted by molar-refractivity contribution is 5.19. The molecule has 1 aromatic carbocycles. The Balaban J connectivity index is 1.79. The summed E-state index contributed by atoms with van der Waals surface area (Å²) in [6.07, 6.45) is 2.53. The van der Waals surface area contributed by atoms with Crippen molar-refractivity contribution in [2.24, 2.45) is 5.92 Å². The number of rotatable bonds is 2. The first-order chi connectivity index (χ1) is 8.25. The van der Waals surface area contributed by atoms with Crippen molar-refractivity contribution < 1.29 is 9.50 Å². The Morgan fingerprint density at radius 3 is 2.59 bits per heavy atom. The molecular formula is C14H18FNO. The van der Waals surface area contributed by atoms with E-state index in [-0.39, 0.29) is 18.0 Å². The van der Waals surface area contributed by atoms with Gasteiger partial charge < -0.3 is 5.11 Å². The van der Waals surface area contributed by atoms with Gasteiger partial charge in [-0.15, -0.1) is 0 Å². The van der Waals surface area contributed by atoms with Crippen LogP contribution in [0.3, 0.4) is 0 Å². The number of piperidine rings is 3. The predicted molar refractivity (Wildman–Crippen MR) is 64.2 cm³/mol. The van der Waals surface area contributed by atoms with Crippen LogP contribution < -0.4 is 0 Å². The molecule has 0 spiro atoms. The van der Waals surface area contributed by atoms with Crippen molar-refractivity contribution in [1.82, 2.24) is 4.90 Å². The van der Waals surface area contributed by atoms with Gasteiger partial charge in [-0.1, -0.05) is 18.2 Å². The zero-order valence-corrected chi connectivity index (χ0v) is 9.85. The van der Waals surface area contributed by atoms with Crippen LogP contribution in [0.4, 0.5) is 4.39 Å². The molecule has 1 aromatic rings. The summed E-state index contributed by atoms with van der Waals surface area (Å²) in [6.45, 7) is 2.11. The molecule has 2 nitrogen and oxygen atoms in total. The van der Waals surface area contributed by atoms with Crippen molar-refractivity contribution >= 4 is 0 Å². The Morgan fingerprint density at radius 1 is 1.24 bits per heavy atom. The second-order valence-corrected chi connectivity index (χ2v) is 5.23. The molecular weight excluding hydrogens is 217 g/mol. The average molecular weight is 235 g/mol. The van der Waals surface area contributed by atoms with Gasteiger partial charge in [-0.25, -0.2) is 4.39 Å². The second kappa shape index (κ2) is 4.39. The van der Waals surface area contributed by atoms with Crippen molar-refractivity contribution in [2.75, 3.05) is 13.1 Å². The smallest absolute Gasteiger partial charge is 0.126 e. The molecule has 0 radical (unpaired) electrons. The van der Waals surface area contributed by atoms with Gasteiger partial charge in [0.25, 0.3) is 0 Å². The number of halogens is 1. The molecule has 2 bridgehead atoms. The van der Waals surface area contributed by atoms with E-state index >= 15 is 0 Å². The molecule has 2 unspecified atom stereocenters. The number of nitrogens with zero attached hydrogens (tertiary/aromatic N) is 1. The lowest BCUT2D eigenvalue weighted by Gasteiger charge is -2.49. The summed E-state index contributed by atoms with van der Waals surface area (Å²) in [5.41, 5.74) is 0.726. The number of benzene rings is 1. The van der Waals surface area contributed by atoms with Gasteiger partial charge in [-0.3, -0.25) is 4.90 Å². The number of aliphatic hydroxyl groups is 1. The maximum atomic E-state index is 13.6. The fraction of sp³-hybridized carbons (Fsp3) is 0.571. The van der Waals surface area contributed by atoms with Crippen molar-refractivity contribution in [3.05, 3.63) is 35.6 Å². The van der Waals surface area contributed by atoms with Crippen LogP contribution in [0.15, 0.2) is 24.3 Å². The van der Waals surface area contributed by atoms with E-state index in [9.17, 15) is 9.50 Å². The first-order valence-corrected chi connectivity index (χ1v) is 6.41. The SMILES string of the molecule is OC1C2CCN(CC2)C1Cc1ccccc1F. The lowest BCUT2D eigenvalue weighted by molar-refractivity contribution is -0.0717. The summed E-state index contributed by atoms with van der Waals surface area (Å²) < 4.78 is 13.6. The van der Waals surface area contributed by atoms with Gasteiger partial charge in [-0.2, -0.15) is 0 Å². The van der Waals surface area contributed by atoms with Crippen LogP contribution in [-0.4, -0.2) is 35.2 Å². The molecule has 0 aliphatic carbocycles. The molecule has 0 aromatic heterocycles. The minimum atomic E-state index is -0.280. The molecule has 3 aliphatic heterocycles. The summed E-state index contributed by atoms with van der Waals surface area (Å²) in [4.78, 5) is 2.32. The summed E-state index contributed by atoms with van der Waals surface area (Å²) in [7, 11) is 0. The number of aliphatic hydroxyl groups excluding tert-OH is 1. The first kappa shape index (κ1) is 11.2. The van der Waals surface area contributed by atoms with E-state index in [1.54, 1.807) is 6.07 Å². The predicted octanol–water partition coefficient (Wildman–Crippen LogP) is 1.82. The molecule has 17 heavy (non-hydrogen) atoms. The van der Waals surface area contributed by atoms with Crippen LogP contribution in [-0.2, 0) is 6.42 Å². The third kappa shape index (κ3) is 1.98. The van der Waals surface area contributed by atoms with Gasteiger partial charge in [0.05, 0.1) is 6.10 Å². The molecule has 4 rings (SSSR count). The molecule has 2 atom stereocenters. The Labute approximate surface area is 101 Å². The lowest BCUT2D eigenvalue weighted by Crippen LogP contribution is -2.58. The summed E-state index contributed by atoms with van der Waals surface area (Å²) in [6, 6.07) is 7.01. The highest BCUT2D eigenvalue weighted by Gasteiger charge is 2.41. The minimum Gasteiger partial charge on any atom is -0.391 e. The topological polar surface area (TPSA) is 23.5 Å². The highest BCUT2D eigenvalue weighted by atomic mass is 19.1. The third-order valence-corrected chi connectivity index (χ3v) is 4.31. The quantitative estimate of drug-likeness (QED) is 0.845. The standard InChI is InChI=1S/C14H18FNO/c15-12-4-2-1-3-11(12)9-13-14(17)10-5-7-16(13)8-6-10/h1-4,10,13-14,17H,5-9H2. The van der Waals surface area contributed by atoms with Crippen molar-refractivity contribution in [3.8, 4) is 0 Å². The van der Waals surface area contributed by atoms with E-state index in [0.29, 0.717) is 12.3 Å². The van der Waals surface area contributed by atoms with Crippen LogP contribution in [0.25, 0.3) is 0 Å². The molecule has 3 fully saturated rings. The van der Waals surface area contributed by atoms with Crippen molar-refractivity contribution in [1.29, 1.82) is 0 Å². The van der Waals surface area contributed by atoms with Gasteiger partial charge in [-0.05, 0) is 49.9 Å². The number of hydrogen-bond acceptors (Lipinski definition) is 2. The fourth-order valence-electron chi connectivity index (χ4n) is 3.26. The third-order valence-electron chi connectivity index (χ3n) is 4.31. The molecule has 0 amide bonds. The Kier molecular flexibility index (Phi) is 2.89. The fourth-order valence-corrected chi connectivity index (χ4v) is 3.26. The van der Waals surface area contributed by atoms with Crippen LogP contribution in [0.1, 0.15) is 18.4 Å². The van der Waals surface area contributed by atoms with Gasteiger partial charge in [0.1, 0.15) is 5.82 Å². The summed E-state index contributed by atoms with van der Waals surface area (Å²) in [5.74, 6) is 0.277. The Hall–Kier alpha value is -0.930. The second-order valence-electron chi connectivity index (χ2n) is 5.23. The van der Waals surface area contributed by atoms with E-state index in [2.05, 4.69) is 4.90 Å². The summed E-state index contributed by atoms with van der Waals surface area (Å²) >= 11 is 0. The largest absolute Gasteiger partial charge is 0.391 e. The molecule has 1 N–H and O–H groups in total. The van der Waals surface area contributed by atoms with Crippen LogP contribution in [0.2, 0.25) is 0 Å². The van der Waals surface area contributed by atoms with E-state index in [4.69, 9.17) is 0 Å². The monoisotopic (exact) mass is 235 g/mol. The Bertz CT molecular complexity index is 399. The molecule has 3 heterocycles. The van der Waals surface area contributed by atoms with Gasteiger partial charge in [0, 0.05) is 6.04 Å². The molecule has 0 saturated carbocycles. The average Bonchev–Trinajstić information content (AvgIpc) is 2.36. The Morgan fingerprint density at radius 2 is 1.94 bits per heavy atom. The van der Waals surface area contributed by atoms with Crippen LogP contribution in [0, 0.1) is 11.7 Å². The summed E-state index contributed by atoms with van der Waals surface area (Å²) in [5, 5.41) is 10.2. The molecule has 92 valence electrons. The van der Waals surface area contributed by atoms with E-state index in [1.807, 2.05) is 12.1 Å². The van der Waals surface area contributed by atoms with Crippen LogP contribution >= 0.6 is 0 Å². The van der Waals surface area contributed by atoms with Gasteiger partial charge in [0.15, 0.2) is 0 Å². The van der Waals surface area contributed by atoms with E-state index in [1.165, 1.54) is 6.07 Å². The zero-order chi connectivity index (χ0) is 11.8. The zero-order valence-electron chi connectivity index (χ0n) is 9.85. The molecule has 3 saturated heterocycles. The first-order valence-electron chi connectivity index (χ1n) is 6.41. The lowest BCUT2D eigenvalue weighted by atomic mass is 9.78. The maximum absolute atomic E-state index is 13.6. The van der Waals surface area contributed by atoms with Crippen LogP contribution in [0.5, 0.6) is 0 Å². The van der Waals surface area contributed by atoms with Gasteiger partial charge in [0.2, 0.25) is 0 Å². The number of hydrogen-bond donors (Lipinski definition) is 1. The van der Waals surface area contributed by atoms with E-state index < -0.39 is 0 Å². The van der Waals surface area contributed by atoms with Gasteiger partial charge >= 0.3 is 0 Å². The molecule has 3 heteroatoms. The van der Waals surface area contributed by atoms with E-state index in [0.717, 1.165) is 31.5 Å². The normalized spacial score (nSPS) is 36.1. The highest BCUT2D eigenvalue weighted by Crippen LogP contribution is 2.33. The minimum absolute atomic E-state index is 0.111. The molecule has 3 aliphatic rings. The van der Waals surface area contributed by atoms with Crippen molar-refractivity contribution in [3.63, 3.8) is 0 Å². The number of fused-ring (bicyclic) bond motifs is 3.